The van der Waals surface area contributed by atoms with Crippen molar-refractivity contribution in [2.45, 2.75) is 19.9 Å². The minimum atomic E-state index is 0.299. The third-order valence-corrected chi connectivity index (χ3v) is 2.16. The Hall–Kier alpha value is -1.09. The summed E-state index contributed by atoms with van der Waals surface area (Å²) in [4.78, 5) is 8.10. The zero-order valence-electron chi connectivity index (χ0n) is 7.53. The average Bonchev–Trinajstić information content (AvgIpc) is 2.46. The lowest BCUT2D eigenvalue weighted by Gasteiger charge is -2.07. The van der Waals surface area contributed by atoms with Crippen LogP contribution < -0.4 is 0 Å². The molecule has 4 heteroatoms. The third kappa shape index (κ3) is 1.40. The highest BCUT2D eigenvalue weighted by Crippen LogP contribution is 2.18. The Morgan fingerprint density at radius 2 is 2.23 bits per heavy atom. The topological polar surface area (TPSA) is 30.7 Å². The molecular weight excluding hydrogens is 186 g/mol. The highest BCUT2D eigenvalue weighted by Gasteiger charge is 2.05. The molecule has 68 valence electrons. The first kappa shape index (κ1) is 8.51. The van der Waals surface area contributed by atoms with E-state index in [-0.39, 0.29) is 0 Å². The molecule has 0 bridgehead atoms. The van der Waals surface area contributed by atoms with Gasteiger partial charge in [0, 0.05) is 23.8 Å². The van der Waals surface area contributed by atoms with E-state index in [0.717, 1.165) is 11.0 Å². The van der Waals surface area contributed by atoms with E-state index < -0.39 is 0 Å². The van der Waals surface area contributed by atoms with Gasteiger partial charge in [0.05, 0.1) is 0 Å². The van der Waals surface area contributed by atoms with Gasteiger partial charge in [0.1, 0.15) is 5.65 Å². The molecule has 2 aromatic heterocycles. The number of hydrogen-bond donors (Lipinski definition) is 0. The van der Waals surface area contributed by atoms with Crippen molar-refractivity contribution in [3.8, 4) is 0 Å². The second kappa shape index (κ2) is 3.00. The van der Waals surface area contributed by atoms with Gasteiger partial charge in [-0.3, -0.25) is 0 Å². The molecule has 0 N–H and O–H groups in total. The molecule has 0 aliphatic rings. The Balaban J connectivity index is 2.71. The van der Waals surface area contributed by atoms with E-state index in [1.165, 1.54) is 0 Å². The predicted molar refractivity (Wildman–Crippen MR) is 52.9 cm³/mol. The van der Waals surface area contributed by atoms with Crippen molar-refractivity contribution in [2.75, 3.05) is 0 Å². The predicted octanol–water partition coefficient (Wildman–Crippen LogP) is 2.67. The van der Waals surface area contributed by atoms with Crippen LogP contribution in [0.3, 0.4) is 0 Å². The lowest BCUT2D eigenvalue weighted by atomic mass is 10.4. The van der Waals surface area contributed by atoms with Crippen LogP contribution in [0.2, 0.25) is 5.28 Å². The van der Waals surface area contributed by atoms with Gasteiger partial charge >= 0.3 is 0 Å². The molecule has 0 saturated carbocycles. The minimum Gasteiger partial charge on any atom is -0.330 e. The van der Waals surface area contributed by atoms with Gasteiger partial charge in [-0.25, -0.2) is 4.98 Å². The van der Waals surface area contributed by atoms with Crippen molar-refractivity contribution < 1.29 is 0 Å². The van der Waals surface area contributed by atoms with Crippen LogP contribution >= 0.6 is 11.6 Å². The number of rotatable bonds is 1. The molecule has 2 heterocycles. The van der Waals surface area contributed by atoms with Gasteiger partial charge < -0.3 is 4.57 Å². The zero-order chi connectivity index (χ0) is 9.42. The first-order valence-corrected chi connectivity index (χ1v) is 4.55. The van der Waals surface area contributed by atoms with Gasteiger partial charge in [-0.15, -0.1) is 0 Å². The van der Waals surface area contributed by atoms with Gasteiger partial charge in [0.15, 0.2) is 0 Å². The van der Waals surface area contributed by atoms with E-state index >= 15 is 0 Å². The summed E-state index contributed by atoms with van der Waals surface area (Å²) in [6.45, 7) is 4.21. The zero-order valence-corrected chi connectivity index (χ0v) is 8.28. The lowest BCUT2D eigenvalue weighted by molar-refractivity contribution is 0.617. The highest BCUT2D eigenvalue weighted by atomic mass is 35.5. The number of hydrogen-bond acceptors (Lipinski definition) is 2. The number of aromatic nitrogens is 3. The molecule has 0 unspecified atom stereocenters. The van der Waals surface area contributed by atoms with Crippen LogP contribution in [0.15, 0.2) is 18.5 Å². The molecule has 2 aromatic rings. The summed E-state index contributed by atoms with van der Waals surface area (Å²) >= 11 is 5.72. The maximum Gasteiger partial charge on any atom is 0.224 e. The van der Waals surface area contributed by atoms with Gasteiger partial charge in [-0.1, -0.05) is 0 Å². The van der Waals surface area contributed by atoms with Crippen molar-refractivity contribution in [1.82, 2.24) is 14.5 Å². The number of nitrogens with zero attached hydrogens (tertiary/aromatic N) is 3. The summed E-state index contributed by atoms with van der Waals surface area (Å²) in [7, 11) is 0. The maximum atomic E-state index is 5.72. The first-order chi connectivity index (χ1) is 6.18. The highest BCUT2D eigenvalue weighted by molar-refractivity contribution is 6.28. The molecule has 0 fully saturated rings. The van der Waals surface area contributed by atoms with Gasteiger partial charge in [-0.05, 0) is 31.5 Å². The standard InChI is InChI=1S/C9H10ClN3/c1-6(2)13-4-3-7-5-11-9(10)12-8(7)13/h3-6H,1-2H3. The lowest BCUT2D eigenvalue weighted by Crippen LogP contribution is -1.99. The van der Waals surface area contributed by atoms with Crippen LogP contribution in [0.25, 0.3) is 11.0 Å². The molecule has 2 rings (SSSR count). The minimum absolute atomic E-state index is 0.299. The smallest absolute Gasteiger partial charge is 0.224 e. The third-order valence-electron chi connectivity index (χ3n) is 1.98. The van der Waals surface area contributed by atoms with Crippen molar-refractivity contribution in [1.29, 1.82) is 0 Å². The Morgan fingerprint density at radius 1 is 1.46 bits per heavy atom. The van der Waals surface area contributed by atoms with Crippen molar-refractivity contribution in [3.05, 3.63) is 23.7 Å². The number of fused-ring (bicyclic) bond motifs is 1. The normalized spacial score (nSPS) is 11.4. The van der Waals surface area contributed by atoms with Crippen LogP contribution in [0.1, 0.15) is 19.9 Å². The molecule has 0 radical (unpaired) electrons. The SMILES string of the molecule is CC(C)n1ccc2cnc(Cl)nc21. The quantitative estimate of drug-likeness (QED) is 0.655. The molecule has 0 aliphatic carbocycles. The molecule has 0 aromatic carbocycles. The van der Waals surface area contributed by atoms with Crippen LogP contribution in [0.4, 0.5) is 0 Å². The second-order valence-electron chi connectivity index (χ2n) is 3.23. The van der Waals surface area contributed by atoms with Crippen molar-refractivity contribution >= 4 is 22.6 Å². The summed E-state index contributed by atoms with van der Waals surface area (Å²) in [6, 6.07) is 2.38. The molecule has 0 atom stereocenters. The van der Waals surface area contributed by atoms with Gasteiger partial charge in [0.25, 0.3) is 0 Å². The Labute approximate surface area is 81.4 Å². The summed E-state index contributed by atoms with van der Waals surface area (Å²) in [5.74, 6) is 0. The number of halogens is 1. The summed E-state index contributed by atoms with van der Waals surface area (Å²) in [5, 5.41) is 1.33. The van der Waals surface area contributed by atoms with Crippen LogP contribution in [-0.2, 0) is 0 Å². The molecule has 0 spiro atoms. The largest absolute Gasteiger partial charge is 0.330 e. The van der Waals surface area contributed by atoms with Gasteiger partial charge in [-0.2, -0.15) is 4.98 Å². The Morgan fingerprint density at radius 3 is 2.92 bits per heavy atom. The average molecular weight is 196 g/mol. The molecule has 0 aliphatic heterocycles. The second-order valence-corrected chi connectivity index (χ2v) is 3.57. The Kier molecular flexibility index (Phi) is 1.96. The van der Waals surface area contributed by atoms with E-state index in [0.29, 0.717) is 11.3 Å². The molecule has 0 saturated heterocycles. The fourth-order valence-electron chi connectivity index (χ4n) is 1.33. The van der Waals surface area contributed by atoms with Crippen LogP contribution in [-0.4, -0.2) is 14.5 Å². The van der Waals surface area contributed by atoms with Crippen LogP contribution in [0, 0.1) is 0 Å². The van der Waals surface area contributed by atoms with E-state index in [2.05, 4.69) is 28.4 Å². The van der Waals surface area contributed by atoms with E-state index in [1.807, 2.05) is 12.3 Å². The van der Waals surface area contributed by atoms with Crippen LogP contribution in [0.5, 0.6) is 0 Å². The van der Waals surface area contributed by atoms with E-state index in [4.69, 9.17) is 11.6 Å². The van der Waals surface area contributed by atoms with E-state index in [1.54, 1.807) is 6.20 Å². The molecule has 13 heavy (non-hydrogen) atoms. The van der Waals surface area contributed by atoms with Crippen molar-refractivity contribution in [3.63, 3.8) is 0 Å². The van der Waals surface area contributed by atoms with E-state index in [9.17, 15) is 0 Å². The van der Waals surface area contributed by atoms with Gasteiger partial charge in [0.2, 0.25) is 5.28 Å². The maximum absolute atomic E-state index is 5.72. The Bertz CT molecular complexity index is 433. The fraction of sp³-hybridized carbons (Fsp3) is 0.333. The molecule has 0 amide bonds. The molecular formula is C9H10ClN3. The monoisotopic (exact) mass is 195 g/mol. The summed E-state index contributed by atoms with van der Waals surface area (Å²) in [5.41, 5.74) is 0.898. The summed E-state index contributed by atoms with van der Waals surface area (Å²) < 4.78 is 2.07. The van der Waals surface area contributed by atoms with Crippen molar-refractivity contribution in [2.24, 2.45) is 0 Å². The molecule has 3 nitrogen and oxygen atoms in total. The first-order valence-electron chi connectivity index (χ1n) is 4.17. The summed E-state index contributed by atoms with van der Waals surface area (Å²) in [6.07, 6.45) is 3.74. The fourth-order valence-corrected chi connectivity index (χ4v) is 1.46.